The highest BCUT2D eigenvalue weighted by molar-refractivity contribution is 5.92. The fraction of sp³-hybridized carbons (Fsp3) is 0.200. The molecule has 0 atom stereocenters. The van der Waals surface area contributed by atoms with Gasteiger partial charge in [0, 0.05) is 12.4 Å². The van der Waals surface area contributed by atoms with Gasteiger partial charge in [-0.1, -0.05) is 0 Å². The van der Waals surface area contributed by atoms with Crippen molar-refractivity contribution < 1.29 is 14.7 Å². The lowest BCUT2D eigenvalue weighted by Crippen LogP contribution is -2.24. The van der Waals surface area contributed by atoms with Crippen LogP contribution in [0.1, 0.15) is 16.2 Å². The normalized spacial score (nSPS) is 10.2. The number of hydrogen-bond donors (Lipinski definition) is 3. The Kier molecular flexibility index (Phi) is 3.37. The second kappa shape index (κ2) is 5.13. The minimum atomic E-state index is -1.01. The predicted octanol–water partition coefficient (Wildman–Crippen LogP) is -0.379. The number of amides is 1. The van der Waals surface area contributed by atoms with Gasteiger partial charge in [0.25, 0.3) is 5.91 Å². The van der Waals surface area contributed by atoms with E-state index in [-0.39, 0.29) is 18.1 Å². The Morgan fingerprint density at radius 3 is 2.94 bits per heavy atom. The number of rotatable bonds is 5. The number of carboxylic acid groups (broad SMARTS) is 1. The zero-order valence-corrected chi connectivity index (χ0v) is 9.33. The van der Waals surface area contributed by atoms with E-state index in [0.717, 1.165) is 5.69 Å². The van der Waals surface area contributed by atoms with Gasteiger partial charge in [0.2, 0.25) is 0 Å². The Bertz CT molecular complexity index is 546. The summed E-state index contributed by atoms with van der Waals surface area (Å²) < 4.78 is 1.19. The summed E-state index contributed by atoms with van der Waals surface area (Å²) in [4.78, 5) is 22.1. The standard InChI is InChI=1S/C10H11N5O3/c16-9(17)6-15-4-2-8(14-15)10(18)11-5-7-1-3-12-13-7/h1-4H,5-6H2,(H,11,18)(H,12,13)(H,16,17). The number of hydrogen-bond acceptors (Lipinski definition) is 4. The van der Waals surface area contributed by atoms with Crippen molar-refractivity contribution in [3.63, 3.8) is 0 Å². The van der Waals surface area contributed by atoms with Crippen molar-refractivity contribution in [1.82, 2.24) is 25.3 Å². The Morgan fingerprint density at radius 2 is 2.28 bits per heavy atom. The molecule has 18 heavy (non-hydrogen) atoms. The molecule has 0 spiro atoms. The van der Waals surface area contributed by atoms with Gasteiger partial charge < -0.3 is 10.4 Å². The zero-order chi connectivity index (χ0) is 13.0. The first-order valence-corrected chi connectivity index (χ1v) is 5.17. The summed E-state index contributed by atoms with van der Waals surface area (Å²) in [6.45, 7) is 0.0401. The molecule has 2 heterocycles. The van der Waals surface area contributed by atoms with Crippen molar-refractivity contribution in [1.29, 1.82) is 0 Å². The summed E-state index contributed by atoms with van der Waals surface area (Å²) in [6.07, 6.45) is 3.03. The lowest BCUT2D eigenvalue weighted by molar-refractivity contribution is -0.137. The van der Waals surface area contributed by atoms with E-state index in [4.69, 9.17) is 5.11 Å². The SMILES string of the molecule is O=C(O)Cn1ccc(C(=O)NCc2ccn[nH]2)n1. The highest BCUT2D eigenvalue weighted by Crippen LogP contribution is 1.97. The van der Waals surface area contributed by atoms with E-state index in [1.165, 1.54) is 16.9 Å². The maximum atomic E-state index is 11.7. The van der Waals surface area contributed by atoms with E-state index in [2.05, 4.69) is 20.6 Å². The fourth-order valence-corrected chi connectivity index (χ4v) is 1.36. The number of aromatic amines is 1. The average Bonchev–Trinajstić information content (AvgIpc) is 2.95. The molecule has 0 fully saturated rings. The number of aliphatic carboxylic acids is 1. The van der Waals surface area contributed by atoms with Crippen LogP contribution < -0.4 is 5.32 Å². The van der Waals surface area contributed by atoms with Gasteiger partial charge >= 0.3 is 5.97 Å². The molecule has 0 saturated carbocycles. The van der Waals surface area contributed by atoms with Crippen molar-refractivity contribution in [3.8, 4) is 0 Å². The van der Waals surface area contributed by atoms with Crippen molar-refractivity contribution in [2.75, 3.05) is 0 Å². The van der Waals surface area contributed by atoms with Crippen LogP contribution in [0.5, 0.6) is 0 Å². The molecular weight excluding hydrogens is 238 g/mol. The molecule has 1 amide bonds. The highest BCUT2D eigenvalue weighted by Gasteiger charge is 2.10. The van der Waals surface area contributed by atoms with Gasteiger partial charge in [-0.15, -0.1) is 0 Å². The van der Waals surface area contributed by atoms with Crippen LogP contribution >= 0.6 is 0 Å². The summed E-state index contributed by atoms with van der Waals surface area (Å²) in [5.41, 5.74) is 0.948. The molecule has 0 radical (unpaired) electrons. The van der Waals surface area contributed by atoms with Crippen molar-refractivity contribution in [3.05, 3.63) is 35.9 Å². The van der Waals surface area contributed by atoms with E-state index in [1.54, 1.807) is 12.3 Å². The van der Waals surface area contributed by atoms with Gasteiger partial charge in [0.1, 0.15) is 12.2 Å². The Labute approximate surface area is 102 Å². The lowest BCUT2D eigenvalue weighted by atomic mass is 10.4. The molecule has 0 aliphatic heterocycles. The Balaban J connectivity index is 1.92. The average molecular weight is 249 g/mol. The quantitative estimate of drug-likeness (QED) is 0.668. The third-order valence-electron chi connectivity index (χ3n) is 2.17. The van der Waals surface area contributed by atoms with Gasteiger partial charge in [0.15, 0.2) is 0 Å². The number of aromatic nitrogens is 4. The summed E-state index contributed by atoms with van der Waals surface area (Å²) >= 11 is 0. The lowest BCUT2D eigenvalue weighted by Gasteiger charge is -2.00. The Hall–Kier alpha value is -2.64. The number of nitrogens with one attached hydrogen (secondary N) is 2. The molecule has 0 unspecified atom stereocenters. The first-order valence-electron chi connectivity index (χ1n) is 5.17. The van der Waals surface area contributed by atoms with Crippen LogP contribution in [0.3, 0.4) is 0 Å². The van der Waals surface area contributed by atoms with Crippen LogP contribution in [-0.4, -0.2) is 37.0 Å². The number of nitrogens with zero attached hydrogens (tertiary/aromatic N) is 3. The van der Waals surface area contributed by atoms with Crippen LogP contribution in [0.15, 0.2) is 24.5 Å². The molecular formula is C10H11N5O3. The molecule has 94 valence electrons. The van der Waals surface area contributed by atoms with Crippen molar-refractivity contribution in [2.24, 2.45) is 0 Å². The van der Waals surface area contributed by atoms with E-state index in [1.807, 2.05) is 0 Å². The molecule has 0 aliphatic rings. The third-order valence-corrected chi connectivity index (χ3v) is 2.17. The molecule has 0 saturated heterocycles. The van der Waals surface area contributed by atoms with Crippen LogP contribution in [0.2, 0.25) is 0 Å². The number of carbonyl (C=O) groups excluding carboxylic acids is 1. The summed E-state index contributed by atoms with van der Waals surface area (Å²) in [7, 11) is 0. The molecule has 0 aliphatic carbocycles. The van der Waals surface area contributed by atoms with Gasteiger partial charge in [-0.2, -0.15) is 10.2 Å². The third kappa shape index (κ3) is 2.94. The molecule has 8 heteroatoms. The summed E-state index contributed by atoms with van der Waals surface area (Å²) in [6, 6.07) is 3.20. The highest BCUT2D eigenvalue weighted by atomic mass is 16.4. The van der Waals surface area contributed by atoms with Crippen LogP contribution in [0.4, 0.5) is 0 Å². The minimum absolute atomic E-state index is 0.177. The van der Waals surface area contributed by atoms with E-state index >= 15 is 0 Å². The van der Waals surface area contributed by atoms with E-state index in [0.29, 0.717) is 6.54 Å². The van der Waals surface area contributed by atoms with Gasteiger partial charge in [-0.25, -0.2) is 0 Å². The van der Waals surface area contributed by atoms with Crippen molar-refractivity contribution >= 4 is 11.9 Å². The molecule has 3 N–H and O–H groups in total. The molecule has 0 bridgehead atoms. The Morgan fingerprint density at radius 1 is 1.44 bits per heavy atom. The van der Waals surface area contributed by atoms with Crippen LogP contribution in [0, 0.1) is 0 Å². The molecule has 2 rings (SSSR count). The van der Waals surface area contributed by atoms with E-state index in [9.17, 15) is 9.59 Å². The van der Waals surface area contributed by atoms with Gasteiger partial charge in [-0.3, -0.25) is 19.4 Å². The zero-order valence-electron chi connectivity index (χ0n) is 9.33. The summed E-state index contributed by atoms with van der Waals surface area (Å²) in [5.74, 6) is -1.38. The topological polar surface area (TPSA) is 113 Å². The molecule has 0 aromatic carbocycles. The summed E-state index contributed by atoms with van der Waals surface area (Å²) in [5, 5.41) is 21.5. The van der Waals surface area contributed by atoms with Gasteiger partial charge in [-0.05, 0) is 12.1 Å². The van der Waals surface area contributed by atoms with Crippen molar-refractivity contribution in [2.45, 2.75) is 13.1 Å². The maximum absolute atomic E-state index is 11.7. The molecule has 2 aromatic heterocycles. The fourth-order valence-electron chi connectivity index (χ4n) is 1.36. The minimum Gasteiger partial charge on any atom is -0.480 e. The number of H-pyrrole nitrogens is 1. The molecule has 2 aromatic rings. The largest absolute Gasteiger partial charge is 0.480 e. The number of carboxylic acids is 1. The predicted molar refractivity (Wildman–Crippen MR) is 59.6 cm³/mol. The second-order valence-corrected chi connectivity index (χ2v) is 3.56. The second-order valence-electron chi connectivity index (χ2n) is 3.56. The van der Waals surface area contributed by atoms with E-state index < -0.39 is 5.97 Å². The number of carbonyl (C=O) groups is 2. The monoisotopic (exact) mass is 249 g/mol. The smallest absolute Gasteiger partial charge is 0.325 e. The van der Waals surface area contributed by atoms with Crippen LogP contribution in [0.25, 0.3) is 0 Å². The van der Waals surface area contributed by atoms with Crippen LogP contribution in [-0.2, 0) is 17.9 Å². The van der Waals surface area contributed by atoms with Gasteiger partial charge in [0.05, 0.1) is 12.2 Å². The first kappa shape index (κ1) is 11.8. The molecule has 8 nitrogen and oxygen atoms in total. The maximum Gasteiger partial charge on any atom is 0.325 e. The first-order chi connectivity index (χ1) is 8.65.